The number of rotatable bonds is 2. The molecule has 0 bridgehead atoms. The first-order valence-electron chi connectivity index (χ1n) is 6.61. The van der Waals surface area contributed by atoms with Gasteiger partial charge in [0.15, 0.2) is 0 Å². The molecule has 0 unspecified atom stereocenters. The normalized spacial score (nSPS) is 15.0. The number of aryl methyl sites for hydroxylation is 2. The van der Waals surface area contributed by atoms with Crippen LogP contribution in [-0.4, -0.2) is 26.0 Å². The second-order valence-electron chi connectivity index (χ2n) is 5.16. The summed E-state index contributed by atoms with van der Waals surface area (Å²) in [4.78, 5) is 3.98. The zero-order valence-corrected chi connectivity index (χ0v) is 13.0. The van der Waals surface area contributed by atoms with Crippen LogP contribution in [0.25, 0.3) is 10.2 Å². The fourth-order valence-corrected chi connectivity index (χ4v) is 3.60. The molecule has 0 amide bonds. The van der Waals surface area contributed by atoms with Crippen LogP contribution in [0.4, 0.5) is 19.0 Å². The molecule has 1 aromatic carbocycles. The SMILES string of the molecule is Cc1nn(C)c(N)c1[C@@](O)(c1nc2ccccc2s1)C(F)(F)F. The number of para-hydroxylation sites is 1. The van der Waals surface area contributed by atoms with E-state index in [1.165, 1.54) is 14.0 Å². The van der Waals surface area contributed by atoms with Gasteiger partial charge in [0.25, 0.3) is 0 Å². The van der Waals surface area contributed by atoms with Crippen molar-refractivity contribution in [3.8, 4) is 0 Å². The first kappa shape index (κ1) is 15.8. The van der Waals surface area contributed by atoms with Crippen LogP contribution in [-0.2, 0) is 12.6 Å². The molecule has 1 atom stereocenters. The quantitative estimate of drug-likeness (QED) is 0.751. The molecule has 0 fully saturated rings. The summed E-state index contributed by atoms with van der Waals surface area (Å²) < 4.78 is 43.0. The van der Waals surface area contributed by atoms with E-state index in [4.69, 9.17) is 5.73 Å². The van der Waals surface area contributed by atoms with E-state index in [0.29, 0.717) is 10.2 Å². The third kappa shape index (κ3) is 2.19. The Morgan fingerprint density at radius 2 is 1.91 bits per heavy atom. The summed E-state index contributed by atoms with van der Waals surface area (Å²) >= 11 is 0.779. The molecule has 3 aromatic rings. The van der Waals surface area contributed by atoms with Gasteiger partial charge >= 0.3 is 6.18 Å². The Hall–Kier alpha value is -2.13. The molecule has 3 N–H and O–H groups in total. The topological polar surface area (TPSA) is 77.0 Å². The van der Waals surface area contributed by atoms with E-state index in [1.807, 2.05) is 0 Å². The maximum absolute atomic E-state index is 13.8. The number of hydrogen-bond acceptors (Lipinski definition) is 5. The predicted molar refractivity (Wildman–Crippen MR) is 81.0 cm³/mol. The highest BCUT2D eigenvalue weighted by atomic mass is 32.1. The number of aliphatic hydroxyl groups is 1. The van der Waals surface area contributed by atoms with Crippen molar-refractivity contribution < 1.29 is 18.3 Å². The smallest absolute Gasteiger partial charge is 0.384 e. The average Bonchev–Trinajstić information content (AvgIpc) is 2.99. The van der Waals surface area contributed by atoms with Crippen molar-refractivity contribution in [2.24, 2.45) is 7.05 Å². The molecule has 122 valence electrons. The number of aromatic nitrogens is 3. The van der Waals surface area contributed by atoms with E-state index < -0.39 is 22.3 Å². The Kier molecular flexibility index (Phi) is 3.38. The van der Waals surface area contributed by atoms with E-state index in [0.717, 1.165) is 16.0 Å². The lowest BCUT2D eigenvalue weighted by Gasteiger charge is -2.28. The van der Waals surface area contributed by atoms with Crippen LogP contribution in [0.1, 0.15) is 16.3 Å². The number of nitrogens with two attached hydrogens (primary N) is 1. The minimum Gasteiger partial charge on any atom is -0.384 e. The van der Waals surface area contributed by atoms with Gasteiger partial charge in [-0.05, 0) is 19.1 Å². The Morgan fingerprint density at radius 3 is 2.43 bits per heavy atom. The van der Waals surface area contributed by atoms with Gasteiger partial charge in [-0.25, -0.2) is 4.98 Å². The molecule has 0 saturated heterocycles. The minimum atomic E-state index is -5.00. The predicted octanol–water partition coefficient (Wildman–Crippen LogP) is 2.72. The molecule has 0 aliphatic rings. The molecular formula is C14H13F3N4OS. The zero-order chi connectivity index (χ0) is 17.0. The van der Waals surface area contributed by atoms with E-state index in [-0.39, 0.29) is 11.5 Å². The highest BCUT2D eigenvalue weighted by Gasteiger charge is 2.61. The molecule has 23 heavy (non-hydrogen) atoms. The van der Waals surface area contributed by atoms with Gasteiger partial charge in [0.1, 0.15) is 10.8 Å². The molecule has 0 spiro atoms. The summed E-state index contributed by atoms with van der Waals surface area (Å²) in [5, 5.41) is 14.1. The lowest BCUT2D eigenvalue weighted by Crippen LogP contribution is -2.44. The number of nitrogens with zero attached hydrogens (tertiary/aromatic N) is 3. The number of alkyl halides is 3. The summed E-state index contributed by atoms with van der Waals surface area (Å²) in [6.07, 6.45) is -5.00. The third-order valence-corrected chi connectivity index (χ3v) is 4.79. The van der Waals surface area contributed by atoms with E-state index in [9.17, 15) is 18.3 Å². The largest absolute Gasteiger partial charge is 0.428 e. The number of fused-ring (bicyclic) bond motifs is 1. The molecule has 2 aromatic heterocycles. The summed E-state index contributed by atoms with van der Waals surface area (Å²) in [5.74, 6) is -0.249. The summed E-state index contributed by atoms with van der Waals surface area (Å²) in [5.41, 5.74) is 2.34. The number of nitrogen functional groups attached to an aromatic ring is 1. The Morgan fingerprint density at radius 1 is 1.26 bits per heavy atom. The molecule has 0 saturated carbocycles. The van der Waals surface area contributed by atoms with E-state index >= 15 is 0 Å². The van der Waals surface area contributed by atoms with Gasteiger partial charge < -0.3 is 10.8 Å². The van der Waals surface area contributed by atoms with Crippen molar-refractivity contribution in [2.45, 2.75) is 18.7 Å². The maximum Gasteiger partial charge on any atom is 0.428 e. The number of thiazole rings is 1. The second-order valence-corrected chi connectivity index (χ2v) is 6.19. The van der Waals surface area contributed by atoms with Crippen molar-refractivity contribution in [1.29, 1.82) is 0 Å². The van der Waals surface area contributed by atoms with Crippen molar-refractivity contribution in [3.05, 3.63) is 40.5 Å². The zero-order valence-electron chi connectivity index (χ0n) is 12.2. The second kappa shape index (κ2) is 4.93. The van der Waals surface area contributed by atoms with Crippen LogP contribution in [0.5, 0.6) is 0 Å². The molecule has 0 aliphatic heterocycles. The van der Waals surface area contributed by atoms with Crippen LogP contribution < -0.4 is 5.73 Å². The van der Waals surface area contributed by atoms with Crippen molar-refractivity contribution in [2.75, 3.05) is 5.73 Å². The fourth-order valence-electron chi connectivity index (χ4n) is 2.52. The molecule has 5 nitrogen and oxygen atoms in total. The number of benzene rings is 1. The molecule has 0 aliphatic carbocycles. The highest BCUT2D eigenvalue weighted by molar-refractivity contribution is 7.18. The summed E-state index contributed by atoms with van der Waals surface area (Å²) in [7, 11) is 1.42. The molecular weight excluding hydrogens is 329 g/mol. The molecule has 2 heterocycles. The summed E-state index contributed by atoms with van der Waals surface area (Å²) in [6, 6.07) is 6.60. The lowest BCUT2D eigenvalue weighted by atomic mass is 9.93. The molecule has 0 radical (unpaired) electrons. The average molecular weight is 342 g/mol. The van der Waals surface area contributed by atoms with Crippen LogP contribution in [0.3, 0.4) is 0 Å². The van der Waals surface area contributed by atoms with Crippen molar-refractivity contribution in [1.82, 2.24) is 14.8 Å². The van der Waals surface area contributed by atoms with Crippen molar-refractivity contribution in [3.63, 3.8) is 0 Å². The number of anilines is 1. The van der Waals surface area contributed by atoms with Crippen LogP contribution in [0, 0.1) is 6.92 Å². The standard InChI is InChI=1S/C14H13F3N4OS/c1-7-10(11(18)21(2)20-7)13(22,14(15,16)17)12-19-8-5-3-4-6-9(8)23-12/h3-6,22H,18H2,1-2H3/t13-/m1/s1. The van der Waals surface area contributed by atoms with Crippen molar-refractivity contribution >= 4 is 27.4 Å². The Labute approximate surface area is 133 Å². The molecule has 3 rings (SSSR count). The third-order valence-electron chi connectivity index (χ3n) is 3.64. The van der Waals surface area contributed by atoms with Gasteiger partial charge in [-0.3, -0.25) is 4.68 Å². The Bertz CT molecular complexity index is 853. The van der Waals surface area contributed by atoms with Gasteiger partial charge in [0, 0.05) is 7.05 Å². The number of halogens is 3. The Balaban J connectivity index is 2.34. The minimum absolute atomic E-state index is 0.00378. The lowest BCUT2D eigenvalue weighted by molar-refractivity contribution is -0.248. The monoisotopic (exact) mass is 342 g/mol. The first-order chi connectivity index (χ1) is 10.7. The van der Waals surface area contributed by atoms with E-state index in [2.05, 4.69) is 10.1 Å². The van der Waals surface area contributed by atoms with Crippen LogP contribution in [0.15, 0.2) is 24.3 Å². The van der Waals surface area contributed by atoms with Crippen LogP contribution in [0.2, 0.25) is 0 Å². The number of hydrogen-bond donors (Lipinski definition) is 2. The summed E-state index contributed by atoms with van der Waals surface area (Å²) in [6.45, 7) is 1.37. The van der Waals surface area contributed by atoms with Crippen LogP contribution >= 0.6 is 11.3 Å². The van der Waals surface area contributed by atoms with Gasteiger partial charge in [-0.2, -0.15) is 18.3 Å². The van der Waals surface area contributed by atoms with Gasteiger partial charge in [0.05, 0.1) is 21.5 Å². The first-order valence-corrected chi connectivity index (χ1v) is 7.42. The highest BCUT2D eigenvalue weighted by Crippen LogP contribution is 2.48. The molecule has 9 heteroatoms. The van der Waals surface area contributed by atoms with E-state index in [1.54, 1.807) is 24.3 Å². The van der Waals surface area contributed by atoms with Gasteiger partial charge in [0.2, 0.25) is 5.60 Å². The van der Waals surface area contributed by atoms with Gasteiger partial charge in [-0.15, -0.1) is 11.3 Å². The van der Waals surface area contributed by atoms with Gasteiger partial charge in [-0.1, -0.05) is 12.1 Å². The maximum atomic E-state index is 13.8. The fraction of sp³-hybridized carbons (Fsp3) is 0.286.